The van der Waals surface area contributed by atoms with Crippen LogP contribution in [-0.2, 0) is 4.74 Å². The zero-order valence-electron chi connectivity index (χ0n) is 14.7. The lowest BCUT2D eigenvalue weighted by Crippen LogP contribution is -2.31. The number of fused-ring (bicyclic) bond motifs is 3. The van der Waals surface area contributed by atoms with E-state index in [0.29, 0.717) is 6.42 Å². The van der Waals surface area contributed by atoms with Gasteiger partial charge in [-0.15, -0.1) is 0 Å². The molecule has 0 saturated carbocycles. The number of hydrogen-bond acceptors (Lipinski definition) is 5. The van der Waals surface area contributed by atoms with Crippen molar-refractivity contribution < 1.29 is 14.3 Å². The maximum Gasteiger partial charge on any atom is 0.359 e. The van der Waals surface area contributed by atoms with Crippen molar-refractivity contribution in [2.45, 2.75) is 19.4 Å². The molecule has 2 aromatic carbocycles. The molecule has 6 nitrogen and oxygen atoms in total. The first-order chi connectivity index (χ1) is 13.2. The smallest absolute Gasteiger partial charge is 0.359 e. The van der Waals surface area contributed by atoms with Gasteiger partial charge in [-0.05, 0) is 18.6 Å². The van der Waals surface area contributed by atoms with Gasteiger partial charge in [0.05, 0.1) is 17.2 Å². The van der Waals surface area contributed by atoms with E-state index >= 15 is 0 Å². The van der Waals surface area contributed by atoms with E-state index in [2.05, 4.69) is 9.97 Å². The van der Waals surface area contributed by atoms with Gasteiger partial charge in [-0.1, -0.05) is 43.3 Å². The Hall–Kier alpha value is -3.54. The van der Waals surface area contributed by atoms with Gasteiger partial charge in [0.2, 0.25) is 0 Å². The Bertz CT molecular complexity index is 1080. The second-order valence-corrected chi connectivity index (χ2v) is 6.10. The molecule has 6 heteroatoms. The van der Waals surface area contributed by atoms with Crippen LogP contribution in [0, 0.1) is 0 Å². The molecular formula is C21H17N3O3. The average molecular weight is 359 g/mol. The van der Waals surface area contributed by atoms with Crippen LogP contribution >= 0.6 is 0 Å². The number of carbonyl (C=O) groups excluding carboxylic acids is 2. The van der Waals surface area contributed by atoms with Gasteiger partial charge in [0, 0.05) is 23.2 Å². The van der Waals surface area contributed by atoms with Crippen LogP contribution < -0.4 is 0 Å². The number of carbonyl (C=O) groups is 2. The summed E-state index contributed by atoms with van der Waals surface area (Å²) in [7, 11) is 0. The highest BCUT2D eigenvalue weighted by Gasteiger charge is 2.26. The third-order valence-corrected chi connectivity index (χ3v) is 4.47. The Morgan fingerprint density at radius 1 is 1.00 bits per heavy atom. The maximum atomic E-state index is 13.3. The number of esters is 1. The van der Waals surface area contributed by atoms with Crippen molar-refractivity contribution in [2.24, 2.45) is 0 Å². The number of hydrogen-bond donors (Lipinski definition) is 0. The number of rotatable bonds is 4. The summed E-state index contributed by atoms with van der Waals surface area (Å²) in [5.41, 5.74) is 1.65. The van der Waals surface area contributed by atoms with E-state index in [-0.39, 0.29) is 11.6 Å². The molecule has 0 aliphatic rings. The van der Waals surface area contributed by atoms with Crippen LogP contribution in [0.15, 0.2) is 67.1 Å². The van der Waals surface area contributed by atoms with Gasteiger partial charge in [0.15, 0.2) is 11.8 Å². The Kier molecular flexibility index (Phi) is 4.38. The van der Waals surface area contributed by atoms with Crippen molar-refractivity contribution >= 4 is 33.7 Å². The Morgan fingerprint density at radius 3 is 2.19 bits per heavy atom. The van der Waals surface area contributed by atoms with Crippen molar-refractivity contribution in [1.29, 1.82) is 0 Å². The molecule has 27 heavy (non-hydrogen) atoms. The van der Waals surface area contributed by atoms with E-state index in [0.717, 1.165) is 21.8 Å². The fourth-order valence-corrected chi connectivity index (χ4v) is 3.21. The fraction of sp³-hybridized carbons (Fsp3) is 0.143. The first kappa shape index (κ1) is 16.9. The number of nitrogens with zero attached hydrogens (tertiary/aromatic N) is 3. The standard InChI is InChI=1S/C21H17N3O3/c1-2-19(27-21(26)16-13-22-11-12-23-16)20(25)24-17-9-5-3-7-14(17)15-8-4-6-10-18(15)24/h3-13,19H,2H2,1H3. The molecule has 4 rings (SSSR count). The minimum Gasteiger partial charge on any atom is -0.447 e. The highest BCUT2D eigenvalue weighted by atomic mass is 16.5. The van der Waals surface area contributed by atoms with Crippen LogP contribution in [0.3, 0.4) is 0 Å². The van der Waals surface area contributed by atoms with Gasteiger partial charge in [0.25, 0.3) is 5.91 Å². The third-order valence-electron chi connectivity index (χ3n) is 4.47. The Labute approximate surface area is 155 Å². The third kappa shape index (κ3) is 2.95. The minimum atomic E-state index is -0.918. The molecule has 0 radical (unpaired) electrons. The number of ether oxygens (including phenoxy) is 1. The van der Waals surface area contributed by atoms with Gasteiger partial charge < -0.3 is 4.74 Å². The van der Waals surface area contributed by atoms with Crippen LogP contribution in [0.5, 0.6) is 0 Å². The summed E-state index contributed by atoms with van der Waals surface area (Å²) in [6, 6.07) is 15.4. The second kappa shape index (κ2) is 6.99. The summed E-state index contributed by atoms with van der Waals surface area (Å²) < 4.78 is 7.09. The highest BCUT2D eigenvalue weighted by Crippen LogP contribution is 2.29. The molecule has 0 aliphatic carbocycles. The quantitative estimate of drug-likeness (QED) is 0.517. The van der Waals surface area contributed by atoms with Crippen LogP contribution in [0.25, 0.3) is 21.8 Å². The molecule has 2 aromatic heterocycles. The second-order valence-electron chi connectivity index (χ2n) is 6.10. The molecule has 0 aliphatic heterocycles. The number of benzene rings is 2. The highest BCUT2D eigenvalue weighted by molar-refractivity contribution is 6.14. The zero-order valence-corrected chi connectivity index (χ0v) is 14.7. The van der Waals surface area contributed by atoms with Gasteiger partial charge >= 0.3 is 5.97 Å². The van der Waals surface area contributed by atoms with Crippen molar-refractivity contribution in [3.05, 3.63) is 72.8 Å². The molecule has 134 valence electrons. The first-order valence-electron chi connectivity index (χ1n) is 8.70. The molecule has 4 aromatic rings. The molecule has 0 spiro atoms. The molecule has 2 heterocycles. The molecule has 0 fully saturated rings. The lowest BCUT2D eigenvalue weighted by Gasteiger charge is -2.16. The van der Waals surface area contributed by atoms with E-state index in [4.69, 9.17) is 4.74 Å². The van der Waals surface area contributed by atoms with Crippen molar-refractivity contribution in [3.63, 3.8) is 0 Å². The van der Waals surface area contributed by atoms with Crippen LogP contribution in [-0.4, -0.2) is 32.5 Å². The summed E-state index contributed by atoms with van der Waals surface area (Å²) >= 11 is 0. The molecule has 1 unspecified atom stereocenters. The van der Waals surface area contributed by atoms with Gasteiger partial charge in [-0.25, -0.2) is 9.78 Å². The van der Waals surface area contributed by atoms with E-state index in [1.807, 2.05) is 48.5 Å². The molecule has 0 bridgehead atoms. The number of aromatic nitrogens is 3. The topological polar surface area (TPSA) is 74.1 Å². The summed E-state index contributed by atoms with van der Waals surface area (Å²) in [6.07, 6.45) is 3.63. The SMILES string of the molecule is CCC(OC(=O)c1cnccn1)C(=O)n1c2ccccc2c2ccccc21. The fourth-order valence-electron chi connectivity index (χ4n) is 3.21. The van der Waals surface area contributed by atoms with Gasteiger partial charge in [0.1, 0.15) is 0 Å². The Morgan fingerprint density at radius 2 is 1.63 bits per heavy atom. The van der Waals surface area contributed by atoms with E-state index in [9.17, 15) is 9.59 Å². The summed E-state index contributed by atoms with van der Waals surface area (Å²) in [4.78, 5) is 33.4. The summed E-state index contributed by atoms with van der Waals surface area (Å²) in [6.45, 7) is 1.81. The van der Waals surface area contributed by atoms with Gasteiger partial charge in [-0.2, -0.15) is 0 Å². The van der Waals surface area contributed by atoms with Gasteiger partial charge in [-0.3, -0.25) is 14.3 Å². The molecule has 1 atom stereocenters. The summed E-state index contributed by atoms with van der Waals surface area (Å²) in [5.74, 6) is -0.948. The Balaban J connectivity index is 1.75. The molecule has 0 amide bonds. The normalized spacial score (nSPS) is 12.2. The predicted octanol–water partition coefficient (Wildman–Crippen LogP) is 3.86. The minimum absolute atomic E-state index is 0.0750. The van der Waals surface area contributed by atoms with Crippen molar-refractivity contribution in [3.8, 4) is 0 Å². The van der Waals surface area contributed by atoms with Crippen LogP contribution in [0.1, 0.15) is 28.6 Å². The lowest BCUT2D eigenvalue weighted by atomic mass is 10.2. The van der Waals surface area contributed by atoms with E-state index < -0.39 is 12.1 Å². The molecular weight excluding hydrogens is 342 g/mol. The van der Waals surface area contributed by atoms with E-state index in [1.165, 1.54) is 18.6 Å². The molecule has 0 saturated heterocycles. The predicted molar refractivity (Wildman–Crippen MR) is 102 cm³/mol. The van der Waals surface area contributed by atoms with Crippen molar-refractivity contribution in [1.82, 2.24) is 14.5 Å². The van der Waals surface area contributed by atoms with E-state index in [1.54, 1.807) is 11.5 Å². The van der Waals surface area contributed by atoms with Crippen LogP contribution in [0.2, 0.25) is 0 Å². The van der Waals surface area contributed by atoms with Crippen molar-refractivity contribution in [2.75, 3.05) is 0 Å². The average Bonchev–Trinajstić information content (AvgIpc) is 3.06. The largest absolute Gasteiger partial charge is 0.447 e. The van der Waals surface area contributed by atoms with Crippen LogP contribution in [0.4, 0.5) is 0 Å². The first-order valence-corrected chi connectivity index (χ1v) is 8.70. The molecule has 0 N–H and O–H groups in total. The lowest BCUT2D eigenvalue weighted by molar-refractivity contribution is 0.0239. The maximum absolute atomic E-state index is 13.3. The number of para-hydroxylation sites is 2. The monoisotopic (exact) mass is 359 g/mol. The zero-order chi connectivity index (χ0) is 18.8. The summed E-state index contributed by atoms with van der Waals surface area (Å²) in [5, 5.41) is 1.97.